The van der Waals surface area contributed by atoms with Crippen LogP contribution in [0.4, 0.5) is 5.69 Å². The van der Waals surface area contributed by atoms with Gasteiger partial charge in [-0.2, -0.15) is 0 Å². The Morgan fingerprint density at radius 2 is 1.94 bits per heavy atom. The first-order valence-electron chi connectivity index (χ1n) is 5.37. The molecule has 0 amide bonds. The number of thioether (sulfide) groups is 1. The predicted molar refractivity (Wildman–Crippen MR) is 81.2 cm³/mol. The van der Waals surface area contributed by atoms with E-state index in [2.05, 4.69) is 15.7 Å². The van der Waals surface area contributed by atoms with Crippen molar-refractivity contribution in [3.05, 3.63) is 12.1 Å². The summed E-state index contributed by atoms with van der Waals surface area (Å²) in [6.07, 6.45) is 1.96. The largest absolute Gasteiger partial charge is 0.399 e. The molecule has 0 unspecified atom stereocenters. The summed E-state index contributed by atoms with van der Waals surface area (Å²) in [6.45, 7) is 4.00. The molecule has 5 N–H and O–H groups in total. The van der Waals surface area contributed by atoms with E-state index in [0.29, 0.717) is 11.2 Å². The number of aromatic nitrogens is 2. The molecule has 94 valence electrons. The average molecular weight is 253 g/mol. The third-order valence-corrected chi connectivity index (χ3v) is 2.44. The third-order valence-electron chi connectivity index (χ3n) is 1.86. The van der Waals surface area contributed by atoms with Gasteiger partial charge in [-0.05, 0) is 25.4 Å². The number of imidazole rings is 1. The summed E-state index contributed by atoms with van der Waals surface area (Å²) in [5.74, 6) is 0. The van der Waals surface area contributed by atoms with E-state index in [1.807, 2.05) is 20.1 Å². The van der Waals surface area contributed by atoms with E-state index < -0.39 is 0 Å². The number of anilines is 1. The molecule has 2 rings (SSSR count). The fourth-order valence-electron chi connectivity index (χ4n) is 1.16. The molecule has 0 aliphatic rings. The van der Waals surface area contributed by atoms with Crippen molar-refractivity contribution in [2.75, 3.05) is 19.0 Å². The maximum Gasteiger partial charge on any atom is 0.166 e. The lowest BCUT2D eigenvalue weighted by molar-refractivity contribution is 1.09. The molecule has 0 aliphatic carbocycles. The fourth-order valence-corrected chi connectivity index (χ4v) is 1.56. The minimum Gasteiger partial charge on any atom is -0.399 e. The molecule has 6 heteroatoms. The van der Waals surface area contributed by atoms with Crippen molar-refractivity contribution in [3.8, 4) is 0 Å². The number of nitrogens with one attached hydrogen (secondary N) is 1. The molecule has 1 aromatic carbocycles. The van der Waals surface area contributed by atoms with E-state index in [0.717, 1.165) is 16.2 Å². The van der Waals surface area contributed by atoms with Crippen LogP contribution in [0.15, 0.2) is 17.3 Å². The molecule has 0 atom stereocenters. The summed E-state index contributed by atoms with van der Waals surface area (Å²) >= 11 is 1.56. The third kappa shape index (κ3) is 3.98. The molecule has 1 heterocycles. The van der Waals surface area contributed by atoms with Crippen LogP contribution in [0.1, 0.15) is 15.3 Å². The molecule has 17 heavy (non-hydrogen) atoms. The van der Waals surface area contributed by atoms with Crippen LogP contribution in [0, 0.1) is 0 Å². The molecular formula is C11H21BN4S. The van der Waals surface area contributed by atoms with Crippen molar-refractivity contribution in [2.45, 2.75) is 19.0 Å². The number of nitrogens with zero attached hydrogens (tertiary/aromatic N) is 1. The summed E-state index contributed by atoms with van der Waals surface area (Å²) < 4.78 is 0. The number of fused-ring (bicyclic) bond motifs is 1. The second-order valence-electron chi connectivity index (χ2n) is 2.74. The van der Waals surface area contributed by atoms with Crippen LogP contribution < -0.4 is 16.9 Å². The van der Waals surface area contributed by atoms with Crippen LogP contribution in [0.3, 0.4) is 0 Å². The van der Waals surface area contributed by atoms with Gasteiger partial charge >= 0.3 is 0 Å². The maximum absolute atomic E-state index is 5.66. The molecule has 0 fully saturated rings. The normalized spacial score (nSPS) is 9.00. The minimum absolute atomic E-state index is 0. The summed E-state index contributed by atoms with van der Waals surface area (Å²) in [5, 5.41) is 0.875. The maximum atomic E-state index is 5.66. The monoisotopic (exact) mass is 253 g/mol. The number of H-pyrrole nitrogens is 1. The quantitative estimate of drug-likeness (QED) is 0.409. The smallest absolute Gasteiger partial charge is 0.166 e. The number of benzene rings is 1. The van der Waals surface area contributed by atoms with Crippen LogP contribution in [0.5, 0.6) is 0 Å². The van der Waals surface area contributed by atoms with E-state index in [-0.39, 0.29) is 1.43 Å². The SMILES string of the molecule is CC.CN.[2HH].[B]c1cc2[nH]c(SC)nc2cc1N. The highest BCUT2D eigenvalue weighted by atomic mass is 32.2. The highest BCUT2D eigenvalue weighted by molar-refractivity contribution is 7.98. The number of nitrogens with two attached hydrogens (primary N) is 2. The molecule has 2 radical (unpaired) electrons. The Bertz CT molecular complexity index is 422. The van der Waals surface area contributed by atoms with Gasteiger partial charge in [0.25, 0.3) is 0 Å². The van der Waals surface area contributed by atoms with E-state index in [4.69, 9.17) is 13.6 Å². The summed E-state index contributed by atoms with van der Waals surface area (Å²) in [5.41, 5.74) is 13.1. The van der Waals surface area contributed by atoms with Crippen LogP contribution in [0.2, 0.25) is 0 Å². The summed E-state index contributed by atoms with van der Waals surface area (Å²) in [7, 11) is 7.16. The van der Waals surface area contributed by atoms with Crippen molar-refractivity contribution >= 4 is 41.8 Å². The lowest BCUT2D eigenvalue weighted by Gasteiger charge is -1.97. The van der Waals surface area contributed by atoms with E-state index in [1.165, 1.54) is 7.05 Å². The van der Waals surface area contributed by atoms with Gasteiger partial charge in [0.2, 0.25) is 0 Å². The predicted octanol–water partition coefficient (Wildman–Crippen LogP) is 1.51. The van der Waals surface area contributed by atoms with Gasteiger partial charge < -0.3 is 16.5 Å². The highest BCUT2D eigenvalue weighted by Crippen LogP contribution is 2.17. The molecule has 0 saturated carbocycles. The fraction of sp³-hybridized carbons (Fsp3) is 0.364. The first-order chi connectivity index (χ1) is 8.20. The van der Waals surface area contributed by atoms with Gasteiger partial charge in [0, 0.05) is 7.11 Å². The van der Waals surface area contributed by atoms with Gasteiger partial charge in [-0.25, -0.2) is 4.98 Å². The molecule has 2 aromatic rings. The van der Waals surface area contributed by atoms with Crippen molar-refractivity contribution in [3.63, 3.8) is 0 Å². The molecule has 1 aromatic heterocycles. The van der Waals surface area contributed by atoms with Crippen molar-refractivity contribution in [2.24, 2.45) is 5.73 Å². The van der Waals surface area contributed by atoms with Gasteiger partial charge in [0.05, 0.1) is 11.0 Å². The van der Waals surface area contributed by atoms with Crippen LogP contribution >= 0.6 is 11.8 Å². The second-order valence-corrected chi connectivity index (χ2v) is 3.54. The van der Waals surface area contributed by atoms with Gasteiger partial charge in [-0.3, -0.25) is 0 Å². The Kier molecular flexibility index (Phi) is 7.49. The Balaban J connectivity index is 0. The van der Waals surface area contributed by atoms with Crippen LogP contribution in [-0.4, -0.2) is 31.1 Å². The molecule has 0 spiro atoms. The lowest BCUT2D eigenvalue weighted by atomic mass is 9.94. The average Bonchev–Trinajstić information content (AvgIpc) is 2.77. The molecule has 0 aliphatic heterocycles. The van der Waals surface area contributed by atoms with E-state index >= 15 is 0 Å². The first-order valence-corrected chi connectivity index (χ1v) is 6.59. The molecular weight excluding hydrogens is 231 g/mol. The zero-order chi connectivity index (χ0) is 13.4. The van der Waals surface area contributed by atoms with Gasteiger partial charge in [0.15, 0.2) is 5.16 Å². The van der Waals surface area contributed by atoms with E-state index in [1.54, 1.807) is 23.9 Å². The zero-order valence-electron chi connectivity index (χ0n) is 10.7. The van der Waals surface area contributed by atoms with Gasteiger partial charge in [0.1, 0.15) is 7.85 Å². The highest BCUT2D eigenvalue weighted by Gasteiger charge is 2.03. The second kappa shape index (κ2) is 8.03. The molecule has 4 nitrogen and oxygen atoms in total. The number of hydrogen-bond donors (Lipinski definition) is 3. The Labute approximate surface area is 109 Å². The van der Waals surface area contributed by atoms with Crippen molar-refractivity contribution in [1.82, 2.24) is 9.97 Å². The van der Waals surface area contributed by atoms with Crippen molar-refractivity contribution in [1.29, 1.82) is 0 Å². The first kappa shape index (κ1) is 15.9. The Morgan fingerprint density at radius 3 is 2.47 bits per heavy atom. The molecule has 0 saturated heterocycles. The minimum atomic E-state index is 0. The number of rotatable bonds is 1. The van der Waals surface area contributed by atoms with Gasteiger partial charge in [-0.1, -0.05) is 31.1 Å². The molecule has 0 bridgehead atoms. The summed E-state index contributed by atoms with van der Waals surface area (Å²) in [4.78, 5) is 7.43. The standard InChI is InChI=1S/C8H8BN3S.C2H6.CH5N.H2/c1-13-8-11-6-2-4(9)5(10)3-7(6)12-8;2*1-2;/h2-3H,10H2,1H3,(H,11,12);1-2H3;2H2,1H3;1H/i;;;1+1. The topological polar surface area (TPSA) is 80.7 Å². The zero-order valence-corrected chi connectivity index (χ0v) is 11.6. The Hall–Kier alpha value is -1.14. The van der Waals surface area contributed by atoms with Gasteiger partial charge in [-0.15, -0.1) is 0 Å². The number of aromatic amines is 1. The van der Waals surface area contributed by atoms with E-state index in [9.17, 15) is 0 Å². The lowest BCUT2D eigenvalue weighted by Crippen LogP contribution is -2.08. The van der Waals surface area contributed by atoms with Crippen molar-refractivity contribution < 1.29 is 1.43 Å². The number of nitrogen functional groups attached to an aromatic ring is 1. The number of hydrogen-bond acceptors (Lipinski definition) is 4. The van der Waals surface area contributed by atoms with Crippen LogP contribution in [0.25, 0.3) is 11.0 Å². The Morgan fingerprint density at radius 1 is 1.35 bits per heavy atom. The van der Waals surface area contributed by atoms with Crippen LogP contribution in [-0.2, 0) is 0 Å². The summed E-state index contributed by atoms with van der Waals surface area (Å²) in [6, 6.07) is 3.58.